The molecular weight excluding hydrogens is 384 g/mol. The molecular formula is C24H18S3. The van der Waals surface area contributed by atoms with Crippen LogP contribution in [0.3, 0.4) is 0 Å². The molecule has 0 unspecified atom stereocenters. The molecule has 0 amide bonds. The van der Waals surface area contributed by atoms with Gasteiger partial charge < -0.3 is 0 Å². The van der Waals surface area contributed by atoms with Crippen LogP contribution in [0.5, 0.6) is 0 Å². The molecule has 0 aromatic heterocycles. The minimum atomic E-state index is 1.26. The molecule has 4 aromatic rings. The summed E-state index contributed by atoms with van der Waals surface area (Å²) in [7, 11) is 0. The monoisotopic (exact) mass is 402 g/mol. The van der Waals surface area contributed by atoms with Gasteiger partial charge >= 0.3 is 0 Å². The van der Waals surface area contributed by atoms with Crippen LogP contribution in [0.2, 0.25) is 0 Å². The van der Waals surface area contributed by atoms with Crippen molar-refractivity contribution in [2.45, 2.75) is 29.4 Å². The third-order valence-electron chi connectivity index (χ3n) is 3.85. The molecule has 0 radical (unpaired) electrons. The molecule has 0 spiro atoms. The van der Waals surface area contributed by atoms with Crippen LogP contribution in [0.4, 0.5) is 0 Å². The highest BCUT2D eigenvalue weighted by atomic mass is 32.2. The molecule has 0 bridgehead atoms. The maximum atomic E-state index is 2.22. The van der Waals surface area contributed by atoms with Crippen molar-refractivity contribution in [3.8, 4) is 0 Å². The van der Waals surface area contributed by atoms with Crippen LogP contribution in [0.1, 0.15) is 0 Å². The zero-order valence-corrected chi connectivity index (χ0v) is 17.1. The van der Waals surface area contributed by atoms with E-state index in [1.165, 1.54) is 29.4 Å². The standard InChI is InChI=1S/C24H18S3/c1-4-11-19(12-5-1)25-22-17-10-18-23(26-20-13-6-2-7-14-20)24(22)27-21-15-8-3-9-16-21/h1-18H. The Morgan fingerprint density at radius 1 is 0.333 bits per heavy atom. The lowest BCUT2D eigenvalue weighted by Gasteiger charge is -2.14. The number of benzene rings is 4. The van der Waals surface area contributed by atoms with E-state index in [4.69, 9.17) is 0 Å². The Balaban J connectivity index is 1.72. The quantitative estimate of drug-likeness (QED) is 0.319. The molecule has 27 heavy (non-hydrogen) atoms. The maximum Gasteiger partial charge on any atom is 0.0401 e. The smallest absolute Gasteiger partial charge is 0.0401 e. The van der Waals surface area contributed by atoms with Crippen LogP contribution in [-0.4, -0.2) is 0 Å². The zero-order chi connectivity index (χ0) is 18.3. The molecule has 0 aliphatic rings. The van der Waals surface area contributed by atoms with Crippen LogP contribution < -0.4 is 0 Å². The molecule has 3 heteroatoms. The second-order valence-electron chi connectivity index (χ2n) is 5.83. The van der Waals surface area contributed by atoms with Crippen molar-refractivity contribution in [3.05, 3.63) is 109 Å². The van der Waals surface area contributed by atoms with Gasteiger partial charge in [0.15, 0.2) is 0 Å². The molecule has 132 valence electrons. The summed E-state index contributed by atoms with van der Waals surface area (Å²) < 4.78 is 0. The summed E-state index contributed by atoms with van der Waals surface area (Å²) in [5.74, 6) is 0. The minimum absolute atomic E-state index is 1.26. The molecule has 0 aliphatic carbocycles. The van der Waals surface area contributed by atoms with Crippen molar-refractivity contribution in [2.75, 3.05) is 0 Å². The first-order valence-corrected chi connectivity index (χ1v) is 11.2. The van der Waals surface area contributed by atoms with Crippen molar-refractivity contribution >= 4 is 35.3 Å². The Kier molecular flexibility index (Phi) is 6.25. The largest absolute Gasteiger partial charge is 0.0889 e. The average Bonchev–Trinajstić information content (AvgIpc) is 2.73. The molecule has 0 saturated heterocycles. The molecule has 0 fully saturated rings. The normalized spacial score (nSPS) is 10.7. The van der Waals surface area contributed by atoms with E-state index in [1.807, 2.05) is 35.3 Å². The summed E-state index contributed by atoms with van der Waals surface area (Å²) >= 11 is 5.49. The summed E-state index contributed by atoms with van der Waals surface area (Å²) in [5, 5.41) is 0. The van der Waals surface area contributed by atoms with Gasteiger partial charge in [-0.25, -0.2) is 0 Å². The van der Waals surface area contributed by atoms with Crippen LogP contribution in [0.25, 0.3) is 0 Å². The van der Waals surface area contributed by atoms with Crippen LogP contribution in [0, 0.1) is 0 Å². The molecule has 0 nitrogen and oxygen atoms in total. The molecule has 4 aromatic carbocycles. The summed E-state index contributed by atoms with van der Waals surface area (Å²) in [6.45, 7) is 0. The lowest BCUT2D eigenvalue weighted by atomic mass is 10.3. The van der Waals surface area contributed by atoms with Gasteiger partial charge in [0.05, 0.1) is 0 Å². The first-order valence-electron chi connectivity index (χ1n) is 8.70. The van der Waals surface area contributed by atoms with Crippen molar-refractivity contribution < 1.29 is 0 Å². The third kappa shape index (κ3) is 5.01. The van der Waals surface area contributed by atoms with E-state index in [-0.39, 0.29) is 0 Å². The van der Waals surface area contributed by atoms with Gasteiger partial charge in [-0.2, -0.15) is 0 Å². The summed E-state index contributed by atoms with van der Waals surface area (Å²) in [5.41, 5.74) is 0. The van der Waals surface area contributed by atoms with Gasteiger partial charge in [0, 0.05) is 29.4 Å². The fourth-order valence-electron chi connectivity index (χ4n) is 2.59. The Morgan fingerprint density at radius 2 is 0.704 bits per heavy atom. The topological polar surface area (TPSA) is 0 Å². The number of rotatable bonds is 6. The second kappa shape index (κ2) is 9.23. The van der Waals surface area contributed by atoms with E-state index >= 15 is 0 Å². The molecule has 0 saturated carbocycles. The SMILES string of the molecule is c1ccc(Sc2cccc(Sc3ccccc3)c2Sc2ccccc2)cc1. The highest BCUT2D eigenvalue weighted by molar-refractivity contribution is 8.04. The van der Waals surface area contributed by atoms with E-state index in [0.717, 1.165) is 0 Å². The van der Waals surface area contributed by atoms with E-state index in [2.05, 4.69) is 109 Å². The Hall–Kier alpha value is -2.07. The highest BCUT2D eigenvalue weighted by Gasteiger charge is 2.13. The number of hydrogen-bond donors (Lipinski definition) is 0. The maximum absolute atomic E-state index is 2.22. The van der Waals surface area contributed by atoms with Crippen molar-refractivity contribution in [1.82, 2.24) is 0 Å². The van der Waals surface area contributed by atoms with E-state index in [1.54, 1.807) is 0 Å². The fourth-order valence-corrected chi connectivity index (χ4v) is 5.82. The Morgan fingerprint density at radius 3 is 1.11 bits per heavy atom. The molecule has 0 heterocycles. The zero-order valence-electron chi connectivity index (χ0n) is 14.6. The lowest BCUT2D eigenvalue weighted by Crippen LogP contribution is -1.85. The van der Waals surface area contributed by atoms with E-state index in [9.17, 15) is 0 Å². The summed E-state index contributed by atoms with van der Waals surface area (Å²) in [6.07, 6.45) is 0. The van der Waals surface area contributed by atoms with Crippen LogP contribution in [0.15, 0.2) is 139 Å². The van der Waals surface area contributed by atoms with E-state index < -0.39 is 0 Å². The molecule has 0 aliphatic heterocycles. The average molecular weight is 403 g/mol. The van der Waals surface area contributed by atoms with Gasteiger partial charge in [-0.1, -0.05) is 95.9 Å². The first kappa shape index (κ1) is 18.3. The lowest BCUT2D eigenvalue weighted by molar-refractivity contribution is 1.11. The Labute approximate surface area is 173 Å². The molecule has 0 N–H and O–H groups in total. The van der Waals surface area contributed by atoms with Gasteiger partial charge in [-0.05, 0) is 48.5 Å². The van der Waals surface area contributed by atoms with Crippen LogP contribution in [-0.2, 0) is 0 Å². The fraction of sp³-hybridized carbons (Fsp3) is 0. The predicted molar refractivity (Wildman–Crippen MR) is 118 cm³/mol. The second-order valence-corrected chi connectivity index (χ2v) is 9.14. The molecule has 4 rings (SSSR count). The Bertz CT molecular complexity index is 924. The predicted octanol–water partition coefficient (Wildman–Crippen LogP) is 8.14. The van der Waals surface area contributed by atoms with Crippen molar-refractivity contribution in [1.29, 1.82) is 0 Å². The summed E-state index contributed by atoms with van der Waals surface area (Å²) in [6, 6.07) is 38.4. The molecule has 0 atom stereocenters. The van der Waals surface area contributed by atoms with Gasteiger partial charge in [-0.15, -0.1) is 0 Å². The van der Waals surface area contributed by atoms with Gasteiger partial charge in [-0.3, -0.25) is 0 Å². The highest BCUT2D eigenvalue weighted by Crippen LogP contribution is 2.45. The van der Waals surface area contributed by atoms with E-state index in [0.29, 0.717) is 0 Å². The minimum Gasteiger partial charge on any atom is -0.0889 e. The number of hydrogen-bond acceptors (Lipinski definition) is 3. The van der Waals surface area contributed by atoms with Crippen molar-refractivity contribution in [3.63, 3.8) is 0 Å². The van der Waals surface area contributed by atoms with Gasteiger partial charge in [0.1, 0.15) is 0 Å². The first-order chi connectivity index (χ1) is 13.4. The third-order valence-corrected chi connectivity index (χ3v) is 7.39. The van der Waals surface area contributed by atoms with Crippen molar-refractivity contribution in [2.24, 2.45) is 0 Å². The van der Waals surface area contributed by atoms with Gasteiger partial charge in [0.2, 0.25) is 0 Å². The van der Waals surface area contributed by atoms with Gasteiger partial charge in [0.25, 0.3) is 0 Å². The van der Waals surface area contributed by atoms with Crippen LogP contribution >= 0.6 is 35.3 Å². The summed E-state index contributed by atoms with van der Waals surface area (Å²) in [4.78, 5) is 7.66.